The second-order valence-corrected chi connectivity index (χ2v) is 9.93. The minimum atomic E-state index is -1.63. The molecule has 0 bridgehead atoms. The lowest BCUT2D eigenvalue weighted by Crippen LogP contribution is -2.41. The smallest absolute Gasteiger partial charge is 0.343 e. The number of aromatic hydroxyl groups is 2. The number of esters is 1. The fraction of sp³-hybridized carbons (Fsp3) is 0.310. The van der Waals surface area contributed by atoms with Crippen molar-refractivity contribution in [3.63, 3.8) is 0 Å². The van der Waals surface area contributed by atoms with Gasteiger partial charge in [-0.15, -0.1) is 0 Å². The van der Waals surface area contributed by atoms with Gasteiger partial charge in [-0.2, -0.15) is 0 Å². The van der Waals surface area contributed by atoms with Gasteiger partial charge in [0.15, 0.2) is 28.8 Å². The number of carbonyl (C=O) groups is 4. The highest BCUT2D eigenvalue weighted by Gasteiger charge is 2.56. The molecule has 0 spiro atoms. The van der Waals surface area contributed by atoms with E-state index in [4.69, 9.17) is 18.9 Å². The molecule has 5 rings (SSSR count). The molecule has 3 aliphatic rings. The highest BCUT2D eigenvalue weighted by atomic mass is 16.6. The summed E-state index contributed by atoms with van der Waals surface area (Å²) in [4.78, 5) is 52.1. The van der Waals surface area contributed by atoms with E-state index in [-0.39, 0.29) is 57.3 Å². The maximum Gasteiger partial charge on any atom is 0.343 e. The molecule has 0 radical (unpaired) electrons. The van der Waals surface area contributed by atoms with Crippen LogP contribution in [0.3, 0.4) is 0 Å². The third-order valence-electron chi connectivity index (χ3n) is 7.69. The highest BCUT2D eigenvalue weighted by molar-refractivity contribution is 6.31. The summed E-state index contributed by atoms with van der Waals surface area (Å²) in [6.45, 7) is 5.70. The van der Waals surface area contributed by atoms with Crippen LogP contribution in [0.15, 0.2) is 35.2 Å². The standard InChI is InChI=1S/C29H27NO10/c1-11-23(33)20(13(3)31)26-22(24(11)34)29(4)18(40-26)9-15(32)19(27(29)35)12(2)30-10-17-14-7-8-16(37-5)25(38-6)21(14)28(36)39-17/h7-9,17,30,33-34H,10H2,1-6H3/b19-12+/t17?,29-/m1/s1. The van der Waals surface area contributed by atoms with Crippen LogP contribution in [0.2, 0.25) is 0 Å². The van der Waals surface area contributed by atoms with Crippen molar-refractivity contribution in [2.24, 2.45) is 0 Å². The van der Waals surface area contributed by atoms with Crippen molar-refractivity contribution < 1.29 is 48.3 Å². The maximum absolute atomic E-state index is 14.0. The molecule has 1 unspecified atom stereocenters. The van der Waals surface area contributed by atoms with Crippen molar-refractivity contribution in [3.8, 4) is 28.7 Å². The van der Waals surface area contributed by atoms with Crippen LogP contribution in [0, 0.1) is 6.92 Å². The van der Waals surface area contributed by atoms with E-state index in [2.05, 4.69) is 5.32 Å². The zero-order valence-corrected chi connectivity index (χ0v) is 22.7. The van der Waals surface area contributed by atoms with Crippen molar-refractivity contribution in [2.75, 3.05) is 20.8 Å². The number of methoxy groups -OCH3 is 2. The molecule has 0 aromatic heterocycles. The Morgan fingerprint density at radius 1 is 1.10 bits per heavy atom. The van der Waals surface area contributed by atoms with Gasteiger partial charge in [0.1, 0.15) is 45.7 Å². The summed E-state index contributed by atoms with van der Waals surface area (Å²) in [5.74, 6) is -2.90. The fourth-order valence-corrected chi connectivity index (χ4v) is 5.52. The topological polar surface area (TPSA) is 158 Å². The molecule has 40 heavy (non-hydrogen) atoms. The zero-order chi connectivity index (χ0) is 29.3. The summed E-state index contributed by atoms with van der Waals surface area (Å²) in [5, 5.41) is 24.5. The summed E-state index contributed by atoms with van der Waals surface area (Å²) in [6.07, 6.45) is 0.399. The molecule has 0 amide bonds. The van der Waals surface area contributed by atoms with Crippen molar-refractivity contribution in [2.45, 2.75) is 39.2 Å². The lowest BCUT2D eigenvalue weighted by atomic mass is 9.70. The first-order valence-corrected chi connectivity index (χ1v) is 12.4. The molecule has 2 aliphatic heterocycles. The molecule has 2 atom stereocenters. The first kappa shape index (κ1) is 26.8. The number of nitrogens with one attached hydrogen (secondary N) is 1. The Labute approximate surface area is 229 Å². The molecule has 0 saturated carbocycles. The molecule has 11 nitrogen and oxygen atoms in total. The summed E-state index contributed by atoms with van der Waals surface area (Å²) in [5.41, 5.74) is -0.991. The van der Waals surface area contributed by atoms with Crippen LogP contribution in [0.4, 0.5) is 0 Å². The number of cyclic esters (lactones) is 1. The Balaban J connectivity index is 1.52. The normalized spacial score (nSPS) is 22.0. The third kappa shape index (κ3) is 3.50. The Hall–Kier alpha value is -4.80. The summed E-state index contributed by atoms with van der Waals surface area (Å²) < 4.78 is 21.9. The van der Waals surface area contributed by atoms with E-state index < -0.39 is 46.3 Å². The van der Waals surface area contributed by atoms with Crippen molar-refractivity contribution >= 4 is 23.3 Å². The van der Waals surface area contributed by atoms with E-state index in [1.54, 1.807) is 19.1 Å². The molecule has 3 N–H and O–H groups in total. The number of rotatable bonds is 6. The van der Waals surface area contributed by atoms with Gasteiger partial charge in [-0.05, 0) is 33.8 Å². The second-order valence-electron chi connectivity index (χ2n) is 9.93. The lowest BCUT2D eigenvalue weighted by molar-refractivity contribution is -0.123. The van der Waals surface area contributed by atoms with Gasteiger partial charge in [-0.3, -0.25) is 14.4 Å². The van der Waals surface area contributed by atoms with E-state index in [1.807, 2.05) is 0 Å². The molecule has 0 saturated heterocycles. The van der Waals surface area contributed by atoms with Gasteiger partial charge >= 0.3 is 5.97 Å². The predicted octanol–water partition coefficient (Wildman–Crippen LogP) is 3.09. The molecule has 11 heteroatoms. The molecule has 2 aromatic carbocycles. The van der Waals surface area contributed by atoms with E-state index >= 15 is 0 Å². The average molecular weight is 550 g/mol. The number of ether oxygens (including phenoxy) is 4. The van der Waals surface area contributed by atoms with Crippen molar-refractivity contribution in [1.82, 2.24) is 5.32 Å². The molecule has 0 fully saturated rings. The SMILES string of the molecule is COc1ccc2c(c1OC)C(=O)OC2CN/C(C)=C1\C(=O)C=C2Oc3c(C(C)=O)c(O)c(C)c(O)c3[C@]2(C)C1=O. The molecule has 2 heterocycles. The van der Waals surface area contributed by atoms with Crippen LogP contribution in [0.1, 0.15) is 64.3 Å². The number of hydrogen-bond donors (Lipinski definition) is 3. The van der Waals surface area contributed by atoms with E-state index in [0.29, 0.717) is 11.3 Å². The first-order valence-electron chi connectivity index (χ1n) is 12.4. The average Bonchev–Trinajstić information content (AvgIpc) is 3.39. The Bertz CT molecular complexity index is 1620. The van der Waals surface area contributed by atoms with E-state index in [0.717, 1.165) is 6.08 Å². The maximum atomic E-state index is 14.0. The fourth-order valence-electron chi connectivity index (χ4n) is 5.52. The van der Waals surface area contributed by atoms with Gasteiger partial charge in [-0.25, -0.2) is 4.79 Å². The molecule has 2 aromatic rings. The molecule has 1 aliphatic carbocycles. The van der Waals surface area contributed by atoms with Gasteiger partial charge in [0, 0.05) is 22.9 Å². The molecular formula is C29H27NO10. The summed E-state index contributed by atoms with van der Waals surface area (Å²) in [7, 11) is 2.87. The quantitative estimate of drug-likeness (QED) is 0.210. The number of phenolic OH excluding ortho intramolecular Hbond substituents is 2. The Morgan fingerprint density at radius 3 is 2.42 bits per heavy atom. The third-order valence-corrected chi connectivity index (χ3v) is 7.69. The van der Waals surface area contributed by atoms with Crippen molar-refractivity contribution in [1.29, 1.82) is 0 Å². The van der Waals surface area contributed by atoms with Crippen LogP contribution < -0.4 is 19.5 Å². The van der Waals surface area contributed by atoms with Gasteiger partial charge in [-0.1, -0.05) is 6.07 Å². The minimum absolute atomic E-state index is 0.00161. The Kier molecular flexibility index (Phi) is 6.13. The van der Waals surface area contributed by atoms with Crippen LogP contribution in [0.5, 0.6) is 28.7 Å². The van der Waals surface area contributed by atoms with Gasteiger partial charge in [0.2, 0.25) is 0 Å². The lowest BCUT2D eigenvalue weighted by Gasteiger charge is -2.29. The van der Waals surface area contributed by atoms with Crippen LogP contribution >= 0.6 is 0 Å². The van der Waals surface area contributed by atoms with Gasteiger partial charge < -0.3 is 34.5 Å². The van der Waals surface area contributed by atoms with E-state index in [1.165, 1.54) is 35.0 Å². The number of carbonyl (C=O) groups excluding carboxylic acids is 4. The largest absolute Gasteiger partial charge is 0.507 e. The van der Waals surface area contributed by atoms with Gasteiger partial charge in [0.05, 0.1) is 31.9 Å². The van der Waals surface area contributed by atoms with E-state index in [9.17, 15) is 29.4 Å². The number of fused-ring (bicyclic) bond motifs is 4. The predicted molar refractivity (Wildman–Crippen MR) is 139 cm³/mol. The highest BCUT2D eigenvalue weighted by Crippen LogP contribution is 2.57. The van der Waals surface area contributed by atoms with Crippen molar-refractivity contribution in [3.05, 3.63) is 63.1 Å². The van der Waals surface area contributed by atoms with Crippen LogP contribution in [0.25, 0.3) is 0 Å². The number of allylic oxidation sites excluding steroid dienone is 4. The minimum Gasteiger partial charge on any atom is -0.507 e. The monoisotopic (exact) mass is 549 g/mol. The number of ketones is 3. The number of benzene rings is 2. The summed E-state index contributed by atoms with van der Waals surface area (Å²) in [6, 6.07) is 3.34. The number of Topliss-reactive ketones (excluding diaryl/α,β-unsaturated/α-hetero) is 2. The first-order chi connectivity index (χ1) is 18.9. The molecule has 208 valence electrons. The number of phenols is 2. The Morgan fingerprint density at radius 2 is 1.80 bits per heavy atom. The molecular weight excluding hydrogens is 522 g/mol. The zero-order valence-electron chi connectivity index (χ0n) is 22.7. The van der Waals surface area contributed by atoms with Crippen LogP contribution in [-0.2, 0) is 19.7 Å². The van der Waals surface area contributed by atoms with Crippen LogP contribution in [-0.4, -0.2) is 54.3 Å². The number of hydrogen-bond acceptors (Lipinski definition) is 11. The van der Waals surface area contributed by atoms with Gasteiger partial charge in [0.25, 0.3) is 0 Å². The second kappa shape index (κ2) is 9.15. The summed E-state index contributed by atoms with van der Waals surface area (Å²) >= 11 is 0.